The molecule has 2 nitrogen and oxygen atoms in total. The number of hydrogen-bond donors (Lipinski definition) is 1. The van der Waals surface area contributed by atoms with E-state index < -0.39 is 11.7 Å². The van der Waals surface area contributed by atoms with Gasteiger partial charge < -0.3 is 10.1 Å². The zero-order chi connectivity index (χ0) is 13.9. The van der Waals surface area contributed by atoms with Gasteiger partial charge in [-0.25, -0.2) is 0 Å². The summed E-state index contributed by atoms with van der Waals surface area (Å²) in [6.07, 6.45) is -2.24. The van der Waals surface area contributed by atoms with Crippen LogP contribution in [0.15, 0.2) is 12.1 Å². The molecule has 2 fully saturated rings. The van der Waals surface area contributed by atoms with Gasteiger partial charge in [0.25, 0.3) is 0 Å². The highest BCUT2D eigenvalue weighted by molar-refractivity contribution is 5.85. The zero-order valence-electron chi connectivity index (χ0n) is 11.4. The van der Waals surface area contributed by atoms with Gasteiger partial charge in [-0.1, -0.05) is 6.07 Å². The van der Waals surface area contributed by atoms with E-state index >= 15 is 0 Å². The number of rotatable bonds is 1. The van der Waals surface area contributed by atoms with Gasteiger partial charge in [0, 0.05) is 19.0 Å². The van der Waals surface area contributed by atoms with Gasteiger partial charge in [0.1, 0.15) is 0 Å². The van der Waals surface area contributed by atoms with Crippen molar-refractivity contribution in [1.29, 1.82) is 0 Å². The third-order valence-corrected chi connectivity index (χ3v) is 4.66. The summed E-state index contributed by atoms with van der Waals surface area (Å²) >= 11 is 0. The van der Waals surface area contributed by atoms with E-state index in [0.29, 0.717) is 18.0 Å². The molecular weight excluding hydrogens is 303 g/mol. The summed E-state index contributed by atoms with van der Waals surface area (Å²) in [4.78, 5) is 0. The molecule has 0 spiro atoms. The molecule has 1 saturated heterocycles. The Morgan fingerprint density at radius 1 is 1.14 bits per heavy atom. The van der Waals surface area contributed by atoms with Crippen LogP contribution in [0.25, 0.3) is 0 Å². The zero-order valence-corrected chi connectivity index (χ0v) is 12.2. The standard InChI is InChI=1S/C15H16F3NO.ClH/c16-15(17,18)13-4-9(8-1-2-8)3-10-11-5-19-6-14(11)20-7-12(10)13;/h3-4,8,11,14,19H,1-2,5-7H2;1H. The summed E-state index contributed by atoms with van der Waals surface area (Å²) in [6.45, 7) is 1.53. The van der Waals surface area contributed by atoms with Crippen LogP contribution in [0.2, 0.25) is 0 Å². The summed E-state index contributed by atoms with van der Waals surface area (Å²) in [5, 5.41) is 3.22. The van der Waals surface area contributed by atoms with Gasteiger partial charge in [0.2, 0.25) is 0 Å². The van der Waals surface area contributed by atoms with Crippen LogP contribution in [0.1, 0.15) is 46.9 Å². The fourth-order valence-electron chi connectivity index (χ4n) is 3.45. The van der Waals surface area contributed by atoms with Crippen LogP contribution < -0.4 is 5.32 Å². The predicted octanol–water partition coefficient (Wildman–Crippen LogP) is 3.59. The fourth-order valence-corrected chi connectivity index (χ4v) is 3.45. The van der Waals surface area contributed by atoms with Gasteiger partial charge in [0.15, 0.2) is 0 Å². The van der Waals surface area contributed by atoms with Crippen molar-refractivity contribution in [3.05, 3.63) is 34.4 Å². The Morgan fingerprint density at radius 3 is 2.57 bits per heavy atom. The predicted molar refractivity (Wildman–Crippen MR) is 74.9 cm³/mol. The van der Waals surface area contributed by atoms with Crippen LogP contribution in [0, 0.1) is 0 Å². The third-order valence-electron chi connectivity index (χ3n) is 4.66. The Morgan fingerprint density at radius 2 is 1.90 bits per heavy atom. The van der Waals surface area contributed by atoms with Crippen molar-refractivity contribution in [3.63, 3.8) is 0 Å². The minimum atomic E-state index is -4.29. The van der Waals surface area contributed by atoms with Crippen molar-refractivity contribution < 1.29 is 17.9 Å². The molecule has 4 rings (SSSR count). The van der Waals surface area contributed by atoms with E-state index in [1.54, 1.807) is 0 Å². The summed E-state index contributed by atoms with van der Waals surface area (Å²) in [5.74, 6) is 0.399. The van der Waals surface area contributed by atoms with Crippen molar-refractivity contribution in [3.8, 4) is 0 Å². The Kier molecular flexibility index (Phi) is 3.71. The number of ether oxygens (including phenoxy) is 1. The van der Waals surface area contributed by atoms with Crippen LogP contribution in [-0.4, -0.2) is 19.2 Å². The van der Waals surface area contributed by atoms with E-state index in [9.17, 15) is 13.2 Å². The van der Waals surface area contributed by atoms with Gasteiger partial charge in [0.05, 0.1) is 18.3 Å². The molecule has 2 atom stereocenters. The molecule has 1 aromatic carbocycles. The first kappa shape index (κ1) is 15.1. The van der Waals surface area contributed by atoms with Crippen molar-refractivity contribution in [2.45, 2.75) is 43.6 Å². The Balaban J connectivity index is 0.00000132. The molecule has 1 aliphatic carbocycles. The van der Waals surface area contributed by atoms with Gasteiger partial charge in [-0.3, -0.25) is 0 Å². The van der Waals surface area contributed by atoms with Crippen molar-refractivity contribution >= 4 is 12.4 Å². The van der Waals surface area contributed by atoms with Crippen LogP contribution in [-0.2, 0) is 17.5 Å². The molecule has 0 aromatic heterocycles. The van der Waals surface area contributed by atoms with E-state index in [4.69, 9.17) is 4.74 Å². The molecular formula is C15H17ClF3NO. The number of halogens is 4. The lowest BCUT2D eigenvalue weighted by molar-refractivity contribution is -0.139. The summed E-state index contributed by atoms with van der Waals surface area (Å²) in [5.41, 5.74) is 1.60. The molecule has 0 bridgehead atoms. The van der Waals surface area contributed by atoms with E-state index in [0.717, 1.165) is 30.5 Å². The van der Waals surface area contributed by atoms with Gasteiger partial charge in [-0.05, 0) is 41.5 Å². The van der Waals surface area contributed by atoms with Gasteiger partial charge in [-0.15, -0.1) is 12.4 Å². The van der Waals surface area contributed by atoms with Gasteiger partial charge in [-0.2, -0.15) is 13.2 Å². The molecule has 2 heterocycles. The smallest absolute Gasteiger partial charge is 0.372 e. The van der Waals surface area contributed by atoms with Crippen molar-refractivity contribution in [2.75, 3.05) is 13.1 Å². The fraction of sp³-hybridized carbons (Fsp3) is 0.600. The largest absolute Gasteiger partial charge is 0.416 e. The molecule has 1 aromatic rings. The lowest BCUT2D eigenvalue weighted by atomic mass is 9.84. The SMILES string of the molecule is Cl.FC(F)(F)c1cc(C2CC2)cc2c1COC1CNCC21. The van der Waals surface area contributed by atoms with Crippen LogP contribution in [0.5, 0.6) is 0 Å². The van der Waals surface area contributed by atoms with E-state index in [-0.39, 0.29) is 31.0 Å². The number of hydrogen-bond acceptors (Lipinski definition) is 2. The van der Waals surface area contributed by atoms with Crippen LogP contribution in [0.3, 0.4) is 0 Å². The second kappa shape index (κ2) is 5.14. The molecule has 3 aliphatic rings. The molecule has 116 valence electrons. The van der Waals surface area contributed by atoms with Crippen molar-refractivity contribution in [1.82, 2.24) is 5.32 Å². The molecule has 0 amide bonds. The highest BCUT2D eigenvalue weighted by Crippen LogP contribution is 2.47. The summed E-state index contributed by atoms with van der Waals surface area (Å²) < 4.78 is 45.6. The van der Waals surface area contributed by atoms with Crippen LogP contribution in [0.4, 0.5) is 13.2 Å². The lowest BCUT2D eigenvalue weighted by Gasteiger charge is -2.31. The minimum Gasteiger partial charge on any atom is -0.372 e. The maximum atomic E-state index is 13.3. The molecule has 6 heteroatoms. The normalized spacial score (nSPS) is 27.8. The Bertz CT molecular complexity index is 557. The first-order valence-electron chi connectivity index (χ1n) is 7.10. The number of alkyl halides is 3. The number of fused-ring (bicyclic) bond motifs is 3. The second-order valence-corrected chi connectivity index (χ2v) is 6.02. The Labute approximate surface area is 127 Å². The third kappa shape index (κ3) is 2.56. The maximum absolute atomic E-state index is 13.3. The average molecular weight is 320 g/mol. The monoisotopic (exact) mass is 319 g/mol. The van der Waals surface area contributed by atoms with Gasteiger partial charge >= 0.3 is 6.18 Å². The van der Waals surface area contributed by atoms with E-state index in [1.807, 2.05) is 6.07 Å². The maximum Gasteiger partial charge on any atom is 0.416 e. The number of benzene rings is 1. The summed E-state index contributed by atoms with van der Waals surface area (Å²) in [7, 11) is 0. The first-order chi connectivity index (χ1) is 9.54. The lowest BCUT2D eigenvalue weighted by Crippen LogP contribution is -2.29. The molecule has 2 aliphatic heterocycles. The Hall–Kier alpha value is -0.780. The highest BCUT2D eigenvalue weighted by atomic mass is 35.5. The number of nitrogens with one attached hydrogen (secondary N) is 1. The molecule has 1 saturated carbocycles. The molecule has 0 radical (unpaired) electrons. The molecule has 2 unspecified atom stereocenters. The summed E-state index contributed by atoms with van der Waals surface area (Å²) in [6, 6.07) is 3.36. The minimum absolute atomic E-state index is 0. The average Bonchev–Trinajstić information content (AvgIpc) is 3.13. The van der Waals surface area contributed by atoms with E-state index in [2.05, 4.69) is 5.32 Å². The van der Waals surface area contributed by atoms with Crippen molar-refractivity contribution in [2.24, 2.45) is 0 Å². The van der Waals surface area contributed by atoms with Crippen LogP contribution >= 0.6 is 12.4 Å². The first-order valence-corrected chi connectivity index (χ1v) is 7.10. The van der Waals surface area contributed by atoms with E-state index in [1.165, 1.54) is 6.07 Å². The molecule has 1 N–H and O–H groups in total. The topological polar surface area (TPSA) is 21.3 Å². The quantitative estimate of drug-likeness (QED) is 0.854. The molecule has 21 heavy (non-hydrogen) atoms. The second-order valence-electron chi connectivity index (χ2n) is 6.02. The highest BCUT2D eigenvalue weighted by Gasteiger charge is 2.42.